The van der Waals surface area contributed by atoms with Crippen molar-refractivity contribution in [2.75, 3.05) is 0 Å². The average molecular weight is 228 g/mol. The molecule has 0 saturated heterocycles. The van der Waals surface area contributed by atoms with E-state index in [0.717, 1.165) is 0 Å². The highest BCUT2D eigenvalue weighted by Crippen LogP contribution is 2.26. The zero-order valence-electron chi connectivity index (χ0n) is 9.14. The van der Waals surface area contributed by atoms with Crippen molar-refractivity contribution in [3.63, 3.8) is 0 Å². The van der Waals surface area contributed by atoms with Gasteiger partial charge in [0, 0.05) is 11.8 Å². The van der Waals surface area contributed by atoms with Crippen LogP contribution >= 0.6 is 0 Å². The number of nitrogens with zero attached hydrogens (tertiary/aromatic N) is 2. The van der Waals surface area contributed by atoms with Gasteiger partial charge in [-0.05, 0) is 36.8 Å². The fourth-order valence-corrected chi connectivity index (χ4v) is 1.72. The highest BCUT2D eigenvalue weighted by atomic mass is 19.1. The summed E-state index contributed by atoms with van der Waals surface area (Å²) in [5.41, 5.74) is 2.32. The summed E-state index contributed by atoms with van der Waals surface area (Å²) in [6, 6.07) is 8.39. The predicted octanol–water partition coefficient (Wildman–Crippen LogP) is 3.34. The number of pyridine rings is 1. The van der Waals surface area contributed by atoms with Gasteiger partial charge in [0.1, 0.15) is 5.82 Å². The second-order valence-electron chi connectivity index (χ2n) is 3.76. The molecule has 0 bridgehead atoms. The van der Waals surface area contributed by atoms with E-state index in [1.807, 2.05) is 0 Å². The molecule has 0 atom stereocenters. The minimum absolute atomic E-state index is 0.266. The van der Waals surface area contributed by atoms with Crippen LogP contribution in [0.4, 0.5) is 4.39 Å². The molecule has 17 heavy (non-hydrogen) atoms. The molecular weight excluding hydrogens is 219 g/mol. The van der Waals surface area contributed by atoms with Crippen molar-refractivity contribution in [2.45, 2.75) is 6.92 Å². The van der Waals surface area contributed by atoms with Crippen LogP contribution in [-0.4, -0.2) is 9.97 Å². The van der Waals surface area contributed by atoms with Crippen molar-refractivity contribution in [3.05, 3.63) is 47.9 Å². The molecule has 0 fully saturated rings. The Morgan fingerprint density at radius 1 is 1.18 bits per heavy atom. The molecule has 3 aromatic rings. The van der Waals surface area contributed by atoms with Gasteiger partial charge < -0.3 is 4.42 Å². The van der Waals surface area contributed by atoms with Gasteiger partial charge in [-0.3, -0.25) is 0 Å². The molecule has 0 aliphatic heterocycles. The zero-order chi connectivity index (χ0) is 11.8. The quantitative estimate of drug-likeness (QED) is 0.641. The normalized spacial score (nSPS) is 10.9. The summed E-state index contributed by atoms with van der Waals surface area (Å²) in [6.07, 6.45) is 1.65. The number of benzene rings is 1. The van der Waals surface area contributed by atoms with Crippen LogP contribution in [0.1, 0.15) is 5.56 Å². The van der Waals surface area contributed by atoms with Crippen LogP contribution in [0.3, 0.4) is 0 Å². The maximum Gasteiger partial charge on any atom is 0.229 e. The van der Waals surface area contributed by atoms with E-state index in [0.29, 0.717) is 28.2 Å². The largest absolute Gasteiger partial charge is 0.434 e. The molecule has 0 unspecified atom stereocenters. The molecule has 2 heterocycles. The highest BCUT2D eigenvalue weighted by Gasteiger charge is 2.12. The third-order valence-corrected chi connectivity index (χ3v) is 2.66. The SMILES string of the molecule is Cc1c(F)cccc1-c1nc2ncccc2o1. The molecule has 0 N–H and O–H groups in total. The topological polar surface area (TPSA) is 38.9 Å². The van der Waals surface area contributed by atoms with Crippen LogP contribution in [0, 0.1) is 12.7 Å². The van der Waals surface area contributed by atoms with E-state index in [1.165, 1.54) is 6.07 Å². The Balaban J connectivity index is 2.24. The second kappa shape index (κ2) is 3.66. The van der Waals surface area contributed by atoms with Crippen molar-refractivity contribution >= 4 is 11.2 Å². The minimum Gasteiger partial charge on any atom is -0.434 e. The van der Waals surface area contributed by atoms with Gasteiger partial charge in [-0.15, -0.1) is 0 Å². The van der Waals surface area contributed by atoms with E-state index < -0.39 is 0 Å². The van der Waals surface area contributed by atoms with Crippen molar-refractivity contribution in [3.8, 4) is 11.5 Å². The van der Waals surface area contributed by atoms with Gasteiger partial charge >= 0.3 is 0 Å². The summed E-state index contributed by atoms with van der Waals surface area (Å²) in [7, 11) is 0. The summed E-state index contributed by atoms with van der Waals surface area (Å²) in [5.74, 6) is 0.133. The molecule has 0 aliphatic rings. The summed E-state index contributed by atoms with van der Waals surface area (Å²) in [6.45, 7) is 1.70. The Morgan fingerprint density at radius 2 is 2.06 bits per heavy atom. The van der Waals surface area contributed by atoms with Gasteiger partial charge in [-0.1, -0.05) is 6.07 Å². The first kappa shape index (κ1) is 9.96. The van der Waals surface area contributed by atoms with Gasteiger partial charge in [0.05, 0.1) is 0 Å². The number of oxazole rings is 1. The molecular formula is C13H9FN2O. The van der Waals surface area contributed by atoms with Crippen molar-refractivity contribution in [1.29, 1.82) is 0 Å². The molecule has 0 aliphatic carbocycles. The van der Waals surface area contributed by atoms with Gasteiger partial charge in [0.25, 0.3) is 0 Å². The lowest BCUT2D eigenvalue weighted by atomic mass is 10.1. The molecule has 2 aromatic heterocycles. The summed E-state index contributed by atoms with van der Waals surface area (Å²) in [5, 5.41) is 0. The van der Waals surface area contributed by atoms with Crippen LogP contribution in [-0.2, 0) is 0 Å². The van der Waals surface area contributed by atoms with E-state index in [1.54, 1.807) is 37.4 Å². The minimum atomic E-state index is -0.266. The lowest BCUT2D eigenvalue weighted by Gasteiger charge is -2.01. The number of rotatable bonds is 1. The Morgan fingerprint density at radius 3 is 2.88 bits per heavy atom. The molecule has 0 saturated carbocycles. The van der Waals surface area contributed by atoms with Gasteiger partial charge in [-0.25, -0.2) is 9.37 Å². The molecule has 0 amide bonds. The van der Waals surface area contributed by atoms with Gasteiger partial charge in [0.2, 0.25) is 5.89 Å². The first-order valence-electron chi connectivity index (χ1n) is 5.23. The van der Waals surface area contributed by atoms with Gasteiger partial charge in [0.15, 0.2) is 11.2 Å². The van der Waals surface area contributed by atoms with Crippen molar-refractivity contribution < 1.29 is 8.81 Å². The van der Waals surface area contributed by atoms with Crippen LogP contribution in [0.5, 0.6) is 0 Å². The summed E-state index contributed by atoms with van der Waals surface area (Å²) < 4.78 is 19.0. The molecule has 0 spiro atoms. The number of fused-ring (bicyclic) bond motifs is 1. The standard InChI is InChI=1S/C13H9FN2O/c1-8-9(4-2-5-10(8)14)13-16-12-11(17-13)6-3-7-15-12/h2-7H,1H3. The first-order chi connectivity index (χ1) is 8.25. The highest BCUT2D eigenvalue weighted by molar-refractivity contribution is 5.72. The van der Waals surface area contributed by atoms with E-state index in [2.05, 4.69) is 9.97 Å². The van der Waals surface area contributed by atoms with E-state index >= 15 is 0 Å². The predicted molar refractivity (Wildman–Crippen MR) is 61.9 cm³/mol. The second-order valence-corrected chi connectivity index (χ2v) is 3.76. The monoisotopic (exact) mass is 228 g/mol. The Bertz CT molecular complexity index is 658. The maximum atomic E-state index is 13.4. The number of halogens is 1. The van der Waals surface area contributed by atoms with E-state index in [9.17, 15) is 4.39 Å². The number of aromatic nitrogens is 2. The lowest BCUT2D eigenvalue weighted by molar-refractivity contribution is 0.605. The van der Waals surface area contributed by atoms with Crippen molar-refractivity contribution in [2.24, 2.45) is 0 Å². The summed E-state index contributed by atoms with van der Waals surface area (Å²) in [4.78, 5) is 8.32. The Kier molecular flexibility index (Phi) is 2.14. The van der Waals surface area contributed by atoms with Crippen LogP contribution in [0.15, 0.2) is 40.9 Å². The smallest absolute Gasteiger partial charge is 0.229 e. The molecule has 4 heteroatoms. The number of hydrogen-bond acceptors (Lipinski definition) is 3. The lowest BCUT2D eigenvalue weighted by Crippen LogP contribution is -1.87. The molecule has 0 radical (unpaired) electrons. The summed E-state index contributed by atoms with van der Waals surface area (Å²) >= 11 is 0. The molecule has 1 aromatic carbocycles. The van der Waals surface area contributed by atoms with Crippen molar-refractivity contribution in [1.82, 2.24) is 9.97 Å². The first-order valence-corrected chi connectivity index (χ1v) is 5.23. The molecule has 84 valence electrons. The molecule has 3 rings (SSSR count). The number of hydrogen-bond donors (Lipinski definition) is 0. The van der Waals surface area contributed by atoms with E-state index in [-0.39, 0.29) is 5.82 Å². The average Bonchev–Trinajstić information content (AvgIpc) is 2.76. The zero-order valence-corrected chi connectivity index (χ0v) is 9.14. The Labute approximate surface area is 96.9 Å². The van der Waals surface area contributed by atoms with Crippen LogP contribution < -0.4 is 0 Å². The molecule has 3 nitrogen and oxygen atoms in total. The van der Waals surface area contributed by atoms with Crippen LogP contribution in [0.25, 0.3) is 22.7 Å². The third-order valence-electron chi connectivity index (χ3n) is 2.66. The fourth-order valence-electron chi connectivity index (χ4n) is 1.72. The maximum absolute atomic E-state index is 13.4. The van der Waals surface area contributed by atoms with E-state index in [4.69, 9.17) is 4.42 Å². The van der Waals surface area contributed by atoms with Crippen LogP contribution in [0.2, 0.25) is 0 Å². The van der Waals surface area contributed by atoms with Gasteiger partial charge in [-0.2, -0.15) is 4.98 Å². The third kappa shape index (κ3) is 1.58. The Hall–Kier alpha value is -2.23. The fraction of sp³-hybridized carbons (Fsp3) is 0.0769.